The van der Waals surface area contributed by atoms with Crippen molar-refractivity contribution in [2.75, 3.05) is 18.9 Å². The highest BCUT2D eigenvalue weighted by molar-refractivity contribution is 7.13. The van der Waals surface area contributed by atoms with Crippen LogP contribution in [0.5, 0.6) is 0 Å². The van der Waals surface area contributed by atoms with Crippen LogP contribution in [0, 0.1) is 5.82 Å². The lowest BCUT2D eigenvalue weighted by Crippen LogP contribution is -3.08. The number of halogens is 2. The summed E-state index contributed by atoms with van der Waals surface area (Å²) in [7, 11) is 1.93. The molecule has 0 aliphatic heterocycles. The molecule has 0 fully saturated rings. The number of quaternary nitrogens is 1. The fourth-order valence-corrected chi connectivity index (χ4v) is 3.67. The zero-order chi connectivity index (χ0) is 18.5. The number of thiazole rings is 1. The summed E-state index contributed by atoms with van der Waals surface area (Å²) in [6, 6.07) is 13.3. The van der Waals surface area contributed by atoms with Gasteiger partial charge < -0.3 is 10.2 Å². The van der Waals surface area contributed by atoms with E-state index in [9.17, 15) is 9.18 Å². The van der Waals surface area contributed by atoms with Crippen LogP contribution in [-0.2, 0) is 11.3 Å². The number of nitrogens with one attached hydrogen (secondary N) is 2. The number of amides is 1. The van der Waals surface area contributed by atoms with Gasteiger partial charge in [-0.2, -0.15) is 0 Å². The Kier molecular flexibility index (Phi) is 5.98. The van der Waals surface area contributed by atoms with Crippen LogP contribution < -0.4 is 10.2 Å². The van der Waals surface area contributed by atoms with E-state index in [0.29, 0.717) is 17.3 Å². The topological polar surface area (TPSA) is 46.4 Å². The number of carbonyl (C=O) groups excluding carboxylic acids is 1. The lowest BCUT2D eigenvalue weighted by molar-refractivity contribution is -0.885. The molecular weight excluding hydrogens is 373 g/mol. The van der Waals surface area contributed by atoms with Gasteiger partial charge in [0, 0.05) is 16.6 Å². The van der Waals surface area contributed by atoms with E-state index in [1.165, 1.54) is 23.5 Å². The van der Waals surface area contributed by atoms with Crippen LogP contribution in [-0.4, -0.2) is 24.5 Å². The SMILES string of the molecule is C[NH+](CC(=O)Nc1ccc(F)cc1)Cc1csc(-c2ccccc2Cl)n1. The highest BCUT2D eigenvalue weighted by Crippen LogP contribution is 2.29. The van der Waals surface area contributed by atoms with Gasteiger partial charge in [0.2, 0.25) is 0 Å². The Labute approximate surface area is 160 Å². The highest BCUT2D eigenvalue weighted by atomic mass is 35.5. The molecule has 134 valence electrons. The van der Waals surface area contributed by atoms with Crippen molar-refractivity contribution in [3.05, 3.63) is 70.4 Å². The molecule has 2 N–H and O–H groups in total. The molecule has 0 aliphatic carbocycles. The third-order valence-electron chi connectivity index (χ3n) is 3.73. The Morgan fingerprint density at radius 2 is 1.96 bits per heavy atom. The molecule has 0 saturated carbocycles. The molecule has 0 radical (unpaired) electrons. The van der Waals surface area contributed by atoms with Gasteiger partial charge in [0.15, 0.2) is 6.54 Å². The van der Waals surface area contributed by atoms with E-state index in [4.69, 9.17) is 11.6 Å². The standard InChI is InChI=1S/C19H17ClFN3OS/c1-24(11-18(25)22-14-8-6-13(21)7-9-14)10-15-12-26-19(23-15)16-4-2-3-5-17(16)20/h2-9,12H,10-11H2,1H3,(H,22,25)/p+1. The first-order chi connectivity index (χ1) is 12.5. The summed E-state index contributed by atoms with van der Waals surface area (Å²) < 4.78 is 12.9. The largest absolute Gasteiger partial charge is 0.325 e. The fraction of sp³-hybridized carbons (Fsp3) is 0.158. The predicted molar refractivity (Wildman–Crippen MR) is 103 cm³/mol. The minimum Gasteiger partial charge on any atom is -0.325 e. The molecule has 0 bridgehead atoms. The maximum Gasteiger partial charge on any atom is 0.279 e. The Morgan fingerprint density at radius 1 is 1.23 bits per heavy atom. The zero-order valence-corrected chi connectivity index (χ0v) is 15.7. The molecule has 2 aromatic carbocycles. The first-order valence-electron chi connectivity index (χ1n) is 8.07. The highest BCUT2D eigenvalue weighted by Gasteiger charge is 2.14. The molecule has 3 rings (SSSR count). The van der Waals surface area contributed by atoms with Crippen molar-refractivity contribution >= 4 is 34.5 Å². The summed E-state index contributed by atoms with van der Waals surface area (Å²) in [4.78, 5) is 17.7. The lowest BCUT2D eigenvalue weighted by Gasteiger charge is -2.12. The van der Waals surface area contributed by atoms with Gasteiger partial charge in [-0.3, -0.25) is 4.79 Å². The van der Waals surface area contributed by atoms with Crippen molar-refractivity contribution in [3.8, 4) is 10.6 Å². The maximum atomic E-state index is 12.9. The number of carbonyl (C=O) groups is 1. The molecule has 1 unspecified atom stereocenters. The summed E-state index contributed by atoms with van der Waals surface area (Å²) in [6.45, 7) is 0.911. The molecule has 0 spiro atoms. The molecule has 1 amide bonds. The average molecular weight is 391 g/mol. The van der Waals surface area contributed by atoms with Crippen molar-refractivity contribution in [1.82, 2.24) is 4.98 Å². The Morgan fingerprint density at radius 3 is 2.69 bits per heavy atom. The first-order valence-corrected chi connectivity index (χ1v) is 9.33. The second kappa shape index (κ2) is 8.40. The number of rotatable bonds is 6. The number of hydrogen-bond donors (Lipinski definition) is 2. The van der Waals surface area contributed by atoms with Gasteiger partial charge in [0.05, 0.1) is 12.1 Å². The first kappa shape index (κ1) is 18.5. The number of aromatic nitrogens is 1. The number of likely N-dealkylation sites (N-methyl/N-ethyl adjacent to an activating group) is 1. The van der Waals surface area contributed by atoms with Crippen molar-refractivity contribution < 1.29 is 14.1 Å². The molecule has 26 heavy (non-hydrogen) atoms. The van der Waals surface area contributed by atoms with Gasteiger partial charge in [0.25, 0.3) is 5.91 Å². The van der Waals surface area contributed by atoms with Gasteiger partial charge in [0.1, 0.15) is 23.1 Å². The van der Waals surface area contributed by atoms with Crippen LogP contribution in [0.3, 0.4) is 0 Å². The minimum absolute atomic E-state index is 0.129. The van der Waals surface area contributed by atoms with Crippen LogP contribution in [0.4, 0.5) is 10.1 Å². The molecule has 1 aromatic heterocycles. The van der Waals surface area contributed by atoms with Crippen molar-refractivity contribution in [2.45, 2.75) is 6.54 Å². The second-order valence-corrected chi connectivity index (χ2v) is 7.25. The van der Waals surface area contributed by atoms with E-state index in [1.807, 2.05) is 36.7 Å². The van der Waals surface area contributed by atoms with Crippen molar-refractivity contribution in [3.63, 3.8) is 0 Å². The molecule has 4 nitrogen and oxygen atoms in total. The lowest BCUT2D eigenvalue weighted by atomic mass is 10.2. The maximum absolute atomic E-state index is 12.9. The van der Waals surface area contributed by atoms with Gasteiger partial charge in [-0.1, -0.05) is 29.8 Å². The Bertz CT molecular complexity index is 898. The van der Waals surface area contributed by atoms with Crippen molar-refractivity contribution in [1.29, 1.82) is 0 Å². The zero-order valence-electron chi connectivity index (χ0n) is 14.1. The van der Waals surface area contributed by atoms with Gasteiger partial charge in [-0.15, -0.1) is 11.3 Å². The number of benzene rings is 2. The molecule has 1 atom stereocenters. The molecule has 3 aromatic rings. The van der Waals surface area contributed by atoms with E-state index in [0.717, 1.165) is 21.2 Å². The predicted octanol–water partition coefficient (Wildman–Crippen LogP) is 3.26. The second-order valence-electron chi connectivity index (χ2n) is 5.99. The minimum atomic E-state index is -0.330. The third-order valence-corrected chi connectivity index (χ3v) is 4.98. The van der Waals surface area contributed by atoms with Crippen LogP contribution in [0.25, 0.3) is 10.6 Å². The molecule has 0 aliphatic rings. The van der Waals surface area contributed by atoms with Gasteiger partial charge in [-0.25, -0.2) is 9.37 Å². The van der Waals surface area contributed by atoms with Crippen molar-refractivity contribution in [2.24, 2.45) is 0 Å². The number of anilines is 1. The summed E-state index contributed by atoms with van der Waals surface area (Å²) >= 11 is 7.75. The number of nitrogens with zero attached hydrogens (tertiary/aromatic N) is 1. The fourth-order valence-electron chi connectivity index (χ4n) is 2.53. The average Bonchev–Trinajstić information content (AvgIpc) is 3.05. The van der Waals surface area contributed by atoms with Crippen LogP contribution >= 0.6 is 22.9 Å². The Balaban J connectivity index is 1.56. The van der Waals surface area contributed by atoms with Crippen LogP contribution in [0.2, 0.25) is 5.02 Å². The van der Waals surface area contributed by atoms with E-state index >= 15 is 0 Å². The third kappa shape index (κ3) is 4.88. The molecular formula is C19H18ClFN3OS+. The monoisotopic (exact) mass is 390 g/mol. The molecule has 1 heterocycles. The number of hydrogen-bond acceptors (Lipinski definition) is 3. The summed E-state index contributed by atoms with van der Waals surface area (Å²) in [5.74, 6) is -0.459. The van der Waals surface area contributed by atoms with E-state index < -0.39 is 0 Å². The van der Waals surface area contributed by atoms with Gasteiger partial charge in [-0.05, 0) is 30.3 Å². The van der Waals surface area contributed by atoms with Crippen LogP contribution in [0.1, 0.15) is 5.69 Å². The van der Waals surface area contributed by atoms with Crippen LogP contribution in [0.15, 0.2) is 53.9 Å². The quantitative estimate of drug-likeness (QED) is 0.678. The van der Waals surface area contributed by atoms with Gasteiger partial charge >= 0.3 is 0 Å². The smallest absolute Gasteiger partial charge is 0.279 e. The van der Waals surface area contributed by atoms with E-state index in [1.54, 1.807) is 12.1 Å². The molecule has 0 saturated heterocycles. The molecule has 7 heteroatoms. The summed E-state index contributed by atoms with van der Waals surface area (Å²) in [6.07, 6.45) is 0. The van der Waals surface area contributed by atoms with E-state index in [-0.39, 0.29) is 18.3 Å². The Hall–Kier alpha value is -2.28. The normalized spacial score (nSPS) is 12.0. The van der Waals surface area contributed by atoms with E-state index in [2.05, 4.69) is 10.3 Å². The summed E-state index contributed by atoms with van der Waals surface area (Å²) in [5.41, 5.74) is 2.41. The summed E-state index contributed by atoms with van der Waals surface area (Å²) in [5, 5.41) is 6.29.